The summed E-state index contributed by atoms with van der Waals surface area (Å²) in [5.74, 6) is -0.193. The maximum atomic E-state index is 13.0. The lowest BCUT2D eigenvalue weighted by molar-refractivity contribution is 0.195. The minimum Gasteiger partial charge on any atom is -0.393 e. The second-order valence-corrected chi connectivity index (χ2v) is 3.87. The summed E-state index contributed by atoms with van der Waals surface area (Å²) in [4.78, 5) is 0.637. The fourth-order valence-corrected chi connectivity index (χ4v) is 1.70. The van der Waals surface area contributed by atoms with Gasteiger partial charge in [0.05, 0.1) is 6.10 Å². The van der Waals surface area contributed by atoms with Crippen LogP contribution in [0.5, 0.6) is 0 Å². The maximum absolute atomic E-state index is 13.0. The molecule has 0 heterocycles. The zero-order valence-electron chi connectivity index (χ0n) is 7.75. The molecule has 1 unspecified atom stereocenters. The number of halogens is 1. The molecule has 0 spiro atoms. The van der Waals surface area contributed by atoms with E-state index in [1.54, 1.807) is 19.1 Å². The fraction of sp³-hybridized carbons (Fsp3) is 0.400. The van der Waals surface area contributed by atoms with Gasteiger partial charge in [0.15, 0.2) is 0 Å². The third-order valence-electron chi connectivity index (χ3n) is 1.75. The minimum atomic E-state index is -0.375. The van der Waals surface area contributed by atoms with Crippen molar-refractivity contribution >= 4 is 11.8 Å². The second kappa shape index (κ2) is 4.63. The molecule has 0 bridgehead atoms. The number of aliphatic hydroxyl groups is 1. The van der Waals surface area contributed by atoms with Gasteiger partial charge in [-0.3, -0.25) is 0 Å². The SMILES string of the molecule is CSc1cc(CC(C)O)ccc1F. The Labute approximate surface area is 82.0 Å². The van der Waals surface area contributed by atoms with Crippen LogP contribution < -0.4 is 0 Å². The van der Waals surface area contributed by atoms with Crippen molar-refractivity contribution in [3.8, 4) is 0 Å². The lowest BCUT2D eigenvalue weighted by Gasteiger charge is -2.06. The van der Waals surface area contributed by atoms with E-state index in [0.29, 0.717) is 11.3 Å². The lowest BCUT2D eigenvalue weighted by Crippen LogP contribution is -2.04. The van der Waals surface area contributed by atoms with Gasteiger partial charge in [-0.05, 0) is 37.3 Å². The number of benzene rings is 1. The van der Waals surface area contributed by atoms with E-state index in [1.165, 1.54) is 17.8 Å². The molecule has 0 amide bonds. The summed E-state index contributed by atoms with van der Waals surface area (Å²) >= 11 is 1.38. The van der Waals surface area contributed by atoms with Crippen molar-refractivity contribution in [2.45, 2.75) is 24.3 Å². The summed E-state index contributed by atoms with van der Waals surface area (Å²) in [6.07, 6.45) is 2.04. The topological polar surface area (TPSA) is 20.2 Å². The smallest absolute Gasteiger partial charge is 0.136 e. The van der Waals surface area contributed by atoms with Crippen LogP contribution in [0.4, 0.5) is 4.39 Å². The van der Waals surface area contributed by atoms with Crippen LogP contribution in [0.3, 0.4) is 0 Å². The van der Waals surface area contributed by atoms with Crippen LogP contribution in [-0.2, 0) is 6.42 Å². The third-order valence-corrected chi connectivity index (χ3v) is 2.50. The first-order chi connectivity index (χ1) is 6.13. The molecule has 0 saturated carbocycles. The van der Waals surface area contributed by atoms with Gasteiger partial charge >= 0.3 is 0 Å². The Morgan fingerprint density at radius 1 is 1.54 bits per heavy atom. The van der Waals surface area contributed by atoms with Crippen LogP contribution in [0.15, 0.2) is 23.1 Å². The molecule has 0 aromatic heterocycles. The first kappa shape index (κ1) is 10.5. The molecule has 13 heavy (non-hydrogen) atoms. The van der Waals surface area contributed by atoms with Gasteiger partial charge in [0.2, 0.25) is 0 Å². The lowest BCUT2D eigenvalue weighted by atomic mass is 10.1. The average molecular weight is 200 g/mol. The molecule has 0 saturated heterocycles. The first-order valence-corrected chi connectivity index (χ1v) is 5.36. The summed E-state index contributed by atoms with van der Waals surface area (Å²) in [7, 11) is 0. The van der Waals surface area contributed by atoms with Gasteiger partial charge in [0.25, 0.3) is 0 Å². The molecular weight excluding hydrogens is 187 g/mol. The molecular formula is C10H13FOS. The zero-order valence-corrected chi connectivity index (χ0v) is 8.57. The Morgan fingerprint density at radius 2 is 2.23 bits per heavy atom. The Morgan fingerprint density at radius 3 is 2.77 bits per heavy atom. The predicted octanol–water partition coefficient (Wildman–Crippen LogP) is 2.47. The summed E-state index contributed by atoms with van der Waals surface area (Å²) in [5.41, 5.74) is 0.973. The molecule has 1 atom stereocenters. The van der Waals surface area contributed by atoms with E-state index in [-0.39, 0.29) is 11.9 Å². The van der Waals surface area contributed by atoms with Crippen LogP contribution in [0.25, 0.3) is 0 Å². The molecule has 1 aromatic carbocycles. The van der Waals surface area contributed by atoms with Crippen LogP contribution in [0.1, 0.15) is 12.5 Å². The average Bonchev–Trinajstić information content (AvgIpc) is 2.07. The summed E-state index contributed by atoms with van der Waals surface area (Å²) in [6.45, 7) is 1.72. The summed E-state index contributed by atoms with van der Waals surface area (Å²) in [5, 5.41) is 9.14. The number of hydrogen-bond donors (Lipinski definition) is 1. The largest absolute Gasteiger partial charge is 0.393 e. The van der Waals surface area contributed by atoms with Crippen LogP contribution >= 0.6 is 11.8 Å². The van der Waals surface area contributed by atoms with Crippen LogP contribution in [0.2, 0.25) is 0 Å². The molecule has 0 aliphatic heterocycles. The van der Waals surface area contributed by atoms with Crippen molar-refractivity contribution in [1.82, 2.24) is 0 Å². The van der Waals surface area contributed by atoms with E-state index in [1.807, 2.05) is 6.26 Å². The van der Waals surface area contributed by atoms with Crippen LogP contribution in [0, 0.1) is 5.82 Å². The van der Waals surface area contributed by atoms with Gasteiger partial charge in [0.1, 0.15) is 5.82 Å². The monoisotopic (exact) mass is 200 g/mol. The van der Waals surface area contributed by atoms with Gasteiger partial charge in [-0.1, -0.05) is 6.07 Å². The van der Waals surface area contributed by atoms with Crippen molar-refractivity contribution in [2.75, 3.05) is 6.26 Å². The van der Waals surface area contributed by atoms with Gasteiger partial charge < -0.3 is 5.11 Å². The molecule has 1 rings (SSSR count). The number of thioether (sulfide) groups is 1. The normalized spacial score (nSPS) is 12.9. The Kier molecular flexibility index (Phi) is 3.75. The molecule has 72 valence electrons. The van der Waals surface area contributed by atoms with Crippen molar-refractivity contribution in [2.24, 2.45) is 0 Å². The molecule has 1 N–H and O–H groups in total. The highest BCUT2D eigenvalue weighted by atomic mass is 32.2. The predicted molar refractivity (Wildman–Crippen MR) is 53.6 cm³/mol. The van der Waals surface area contributed by atoms with Gasteiger partial charge in [-0.25, -0.2) is 4.39 Å². The van der Waals surface area contributed by atoms with E-state index < -0.39 is 0 Å². The van der Waals surface area contributed by atoms with E-state index in [0.717, 1.165) is 5.56 Å². The fourth-order valence-electron chi connectivity index (χ4n) is 1.17. The van der Waals surface area contributed by atoms with Crippen LogP contribution in [-0.4, -0.2) is 17.5 Å². The quantitative estimate of drug-likeness (QED) is 0.756. The number of aliphatic hydroxyl groups excluding tert-OH is 1. The zero-order chi connectivity index (χ0) is 9.84. The molecule has 0 radical (unpaired) electrons. The number of hydrogen-bond acceptors (Lipinski definition) is 2. The highest BCUT2D eigenvalue weighted by Gasteiger charge is 2.04. The van der Waals surface area contributed by atoms with Gasteiger partial charge in [-0.2, -0.15) is 0 Å². The molecule has 0 fully saturated rings. The Balaban J connectivity index is 2.86. The molecule has 0 aliphatic rings. The first-order valence-electron chi connectivity index (χ1n) is 4.14. The molecule has 3 heteroatoms. The highest BCUT2D eigenvalue weighted by molar-refractivity contribution is 7.98. The third kappa shape index (κ3) is 3.01. The van der Waals surface area contributed by atoms with Crippen molar-refractivity contribution < 1.29 is 9.50 Å². The van der Waals surface area contributed by atoms with Crippen molar-refractivity contribution in [3.05, 3.63) is 29.6 Å². The van der Waals surface area contributed by atoms with Gasteiger partial charge in [-0.15, -0.1) is 11.8 Å². The van der Waals surface area contributed by atoms with Gasteiger partial charge in [0, 0.05) is 4.90 Å². The van der Waals surface area contributed by atoms with E-state index >= 15 is 0 Å². The minimum absolute atomic E-state index is 0.193. The maximum Gasteiger partial charge on any atom is 0.136 e. The highest BCUT2D eigenvalue weighted by Crippen LogP contribution is 2.20. The van der Waals surface area contributed by atoms with E-state index in [2.05, 4.69) is 0 Å². The molecule has 0 aliphatic carbocycles. The van der Waals surface area contributed by atoms with E-state index in [4.69, 9.17) is 5.11 Å². The second-order valence-electron chi connectivity index (χ2n) is 3.02. The summed E-state index contributed by atoms with van der Waals surface area (Å²) in [6, 6.07) is 4.94. The standard InChI is InChI=1S/C10H13FOS/c1-7(12)5-8-3-4-9(11)10(6-8)13-2/h3-4,6-7,12H,5H2,1-2H3. The number of rotatable bonds is 3. The Bertz CT molecular complexity index is 286. The molecule has 1 aromatic rings. The van der Waals surface area contributed by atoms with Crippen molar-refractivity contribution in [1.29, 1.82) is 0 Å². The Hall–Kier alpha value is -0.540. The molecule has 1 nitrogen and oxygen atoms in total. The summed E-state index contributed by atoms with van der Waals surface area (Å²) < 4.78 is 13.0. The van der Waals surface area contributed by atoms with E-state index in [9.17, 15) is 4.39 Å². The van der Waals surface area contributed by atoms with Crippen molar-refractivity contribution in [3.63, 3.8) is 0 Å².